The Morgan fingerprint density at radius 1 is 0.824 bits per heavy atom. The number of hydrogen-bond acceptors (Lipinski definition) is 2. The van der Waals surface area contributed by atoms with Gasteiger partial charge in [0.15, 0.2) is 0 Å². The van der Waals surface area contributed by atoms with E-state index >= 15 is 0 Å². The van der Waals surface area contributed by atoms with Crippen molar-refractivity contribution in [1.29, 1.82) is 0 Å². The van der Waals surface area contributed by atoms with Crippen molar-refractivity contribution >= 4 is 0 Å². The lowest BCUT2D eigenvalue weighted by Crippen LogP contribution is -2.38. The van der Waals surface area contributed by atoms with Gasteiger partial charge in [-0.25, -0.2) is 0 Å². The smallest absolute Gasteiger partial charge is 0.145 e. The second kappa shape index (κ2) is 4.60. The highest BCUT2D eigenvalue weighted by atomic mass is 16.6. The fourth-order valence-electron chi connectivity index (χ4n) is 1.83. The van der Waals surface area contributed by atoms with Gasteiger partial charge in [-0.1, -0.05) is 42.5 Å². The van der Waals surface area contributed by atoms with Crippen LogP contribution in [-0.4, -0.2) is 19.3 Å². The predicted molar refractivity (Wildman–Crippen MR) is 67.1 cm³/mol. The lowest BCUT2D eigenvalue weighted by atomic mass is 10.1. The van der Waals surface area contributed by atoms with Crippen LogP contribution in [-0.2, 0) is 4.74 Å². The van der Waals surface area contributed by atoms with Crippen LogP contribution >= 0.6 is 0 Å². The van der Waals surface area contributed by atoms with Crippen molar-refractivity contribution in [1.82, 2.24) is 0 Å². The number of benzene rings is 2. The summed E-state index contributed by atoms with van der Waals surface area (Å²) in [6.45, 7) is 1.42. The third-order valence-corrected chi connectivity index (χ3v) is 2.87. The van der Waals surface area contributed by atoms with E-state index in [1.54, 1.807) is 0 Å². The SMILES string of the molecule is c1ccc(-c2ccc(OC3COC3)cc2)cc1. The Hall–Kier alpha value is -1.80. The lowest BCUT2D eigenvalue weighted by molar-refractivity contribution is -0.0796. The molecule has 3 rings (SSSR count). The van der Waals surface area contributed by atoms with E-state index in [2.05, 4.69) is 24.3 Å². The standard InChI is InChI=1S/C15H14O2/c1-2-4-12(5-3-1)13-6-8-14(9-7-13)17-15-10-16-11-15/h1-9,15H,10-11H2. The zero-order valence-corrected chi connectivity index (χ0v) is 9.50. The highest BCUT2D eigenvalue weighted by molar-refractivity contribution is 5.63. The maximum Gasteiger partial charge on any atom is 0.145 e. The van der Waals surface area contributed by atoms with E-state index in [1.165, 1.54) is 11.1 Å². The van der Waals surface area contributed by atoms with Crippen molar-refractivity contribution in [2.45, 2.75) is 6.10 Å². The zero-order chi connectivity index (χ0) is 11.5. The van der Waals surface area contributed by atoms with Crippen molar-refractivity contribution in [2.24, 2.45) is 0 Å². The van der Waals surface area contributed by atoms with Gasteiger partial charge in [-0.2, -0.15) is 0 Å². The van der Waals surface area contributed by atoms with Crippen molar-refractivity contribution in [3.05, 3.63) is 54.6 Å². The third-order valence-electron chi connectivity index (χ3n) is 2.87. The van der Waals surface area contributed by atoms with Gasteiger partial charge in [-0.15, -0.1) is 0 Å². The summed E-state index contributed by atoms with van der Waals surface area (Å²) in [5.41, 5.74) is 2.44. The molecule has 0 unspecified atom stereocenters. The minimum Gasteiger partial charge on any atom is -0.486 e. The number of ether oxygens (including phenoxy) is 2. The summed E-state index contributed by atoms with van der Waals surface area (Å²) in [6.07, 6.45) is 0.234. The van der Waals surface area contributed by atoms with Gasteiger partial charge >= 0.3 is 0 Å². The second-order valence-corrected chi connectivity index (χ2v) is 4.17. The van der Waals surface area contributed by atoms with Gasteiger partial charge in [0.1, 0.15) is 11.9 Å². The topological polar surface area (TPSA) is 18.5 Å². The number of hydrogen-bond donors (Lipinski definition) is 0. The largest absolute Gasteiger partial charge is 0.486 e. The van der Waals surface area contributed by atoms with Crippen molar-refractivity contribution in [3.8, 4) is 16.9 Å². The first kappa shape index (κ1) is 10.4. The van der Waals surface area contributed by atoms with Crippen LogP contribution in [0.15, 0.2) is 54.6 Å². The van der Waals surface area contributed by atoms with Crippen LogP contribution in [0.1, 0.15) is 0 Å². The molecule has 86 valence electrons. The fourth-order valence-corrected chi connectivity index (χ4v) is 1.83. The van der Waals surface area contributed by atoms with Crippen molar-refractivity contribution < 1.29 is 9.47 Å². The minimum absolute atomic E-state index is 0.234. The second-order valence-electron chi connectivity index (χ2n) is 4.17. The molecule has 0 radical (unpaired) electrons. The van der Waals surface area contributed by atoms with Crippen LogP contribution in [0.25, 0.3) is 11.1 Å². The van der Waals surface area contributed by atoms with Gasteiger partial charge in [0, 0.05) is 0 Å². The highest BCUT2D eigenvalue weighted by Gasteiger charge is 2.19. The van der Waals surface area contributed by atoms with E-state index in [9.17, 15) is 0 Å². The average Bonchev–Trinajstić information content (AvgIpc) is 2.36. The summed E-state index contributed by atoms with van der Waals surface area (Å²) in [6, 6.07) is 18.5. The molecule has 0 saturated carbocycles. The van der Waals surface area contributed by atoms with E-state index in [0.717, 1.165) is 5.75 Å². The Balaban J connectivity index is 1.75. The third kappa shape index (κ3) is 2.32. The molecule has 2 aromatic rings. The highest BCUT2D eigenvalue weighted by Crippen LogP contribution is 2.23. The van der Waals surface area contributed by atoms with Crippen LogP contribution in [0.5, 0.6) is 5.75 Å². The summed E-state index contributed by atoms with van der Waals surface area (Å²) >= 11 is 0. The molecule has 1 saturated heterocycles. The maximum atomic E-state index is 5.72. The molecule has 2 aromatic carbocycles. The molecule has 17 heavy (non-hydrogen) atoms. The Morgan fingerprint density at radius 3 is 2.06 bits per heavy atom. The Labute approximate surface area is 101 Å². The summed E-state index contributed by atoms with van der Waals surface area (Å²) in [5.74, 6) is 0.915. The quantitative estimate of drug-likeness (QED) is 0.800. The Bertz CT molecular complexity index is 472. The Kier molecular flexibility index (Phi) is 2.80. The molecular formula is C15H14O2. The summed E-state index contributed by atoms with van der Waals surface area (Å²) in [4.78, 5) is 0. The van der Waals surface area contributed by atoms with Crippen LogP contribution in [0.4, 0.5) is 0 Å². The van der Waals surface area contributed by atoms with Gasteiger partial charge in [0.25, 0.3) is 0 Å². The number of rotatable bonds is 3. The van der Waals surface area contributed by atoms with Gasteiger partial charge in [-0.05, 0) is 23.3 Å². The molecule has 2 nitrogen and oxygen atoms in total. The van der Waals surface area contributed by atoms with Gasteiger partial charge < -0.3 is 9.47 Å². The van der Waals surface area contributed by atoms with Crippen LogP contribution in [0.2, 0.25) is 0 Å². The molecular weight excluding hydrogens is 212 g/mol. The molecule has 0 spiro atoms. The molecule has 1 fully saturated rings. The summed E-state index contributed by atoms with van der Waals surface area (Å²) < 4.78 is 10.8. The average molecular weight is 226 g/mol. The van der Waals surface area contributed by atoms with Crippen LogP contribution in [0.3, 0.4) is 0 Å². The normalized spacial score (nSPS) is 15.3. The summed E-state index contributed by atoms with van der Waals surface area (Å²) in [7, 11) is 0. The Morgan fingerprint density at radius 2 is 1.47 bits per heavy atom. The van der Waals surface area contributed by atoms with Gasteiger partial charge in [0.05, 0.1) is 13.2 Å². The van der Waals surface area contributed by atoms with Crippen molar-refractivity contribution in [2.75, 3.05) is 13.2 Å². The van der Waals surface area contributed by atoms with Crippen molar-refractivity contribution in [3.63, 3.8) is 0 Å². The van der Waals surface area contributed by atoms with E-state index in [-0.39, 0.29) is 6.10 Å². The molecule has 1 aliphatic rings. The first-order valence-corrected chi connectivity index (χ1v) is 5.82. The van der Waals surface area contributed by atoms with Crippen LogP contribution < -0.4 is 4.74 Å². The van der Waals surface area contributed by atoms with Crippen LogP contribution in [0, 0.1) is 0 Å². The molecule has 0 bridgehead atoms. The predicted octanol–water partition coefficient (Wildman–Crippen LogP) is 3.13. The van der Waals surface area contributed by atoms with E-state index < -0.39 is 0 Å². The molecule has 0 atom stereocenters. The molecule has 0 N–H and O–H groups in total. The van der Waals surface area contributed by atoms with E-state index in [4.69, 9.17) is 9.47 Å². The van der Waals surface area contributed by atoms with Gasteiger partial charge in [-0.3, -0.25) is 0 Å². The molecule has 2 heteroatoms. The first-order valence-electron chi connectivity index (χ1n) is 5.82. The molecule has 0 aliphatic carbocycles. The molecule has 0 amide bonds. The maximum absolute atomic E-state index is 5.72. The summed E-state index contributed by atoms with van der Waals surface area (Å²) in [5, 5.41) is 0. The molecule has 0 aromatic heterocycles. The van der Waals surface area contributed by atoms with Gasteiger partial charge in [0.2, 0.25) is 0 Å². The lowest BCUT2D eigenvalue weighted by Gasteiger charge is -2.26. The zero-order valence-electron chi connectivity index (χ0n) is 9.50. The fraction of sp³-hybridized carbons (Fsp3) is 0.200. The van der Waals surface area contributed by atoms with E-state index in [0.29, 0.717) is 13.2 Å². The monoisotopic (exact) mass is 226 g/mol. The molecule has 1 aliphatic heterocycles. The van der Waals surface area contributed by atoms with E-state index in [1.807, 2.05) is 30.3 Å². The minimum atomic E-state index is 0.234. The first-order chi connectivity index (χ1) is 8.42. The molecule has 1 heterocycles.